The van der Waals surface area contributed by atoms with Crippen LogP contribution >= 0.6 is 0 Å². The Morgan fingerprint density at radius 3 is 2.80 bits per heavy atom. The molecule has 0 saturated carbocycles. The lowest BCUT2D eigenvalue weighted by atomic mass is 10.1. The minimum Gasteiger partial charge on any atom is -0.467 e. The Morgan fingerprint density at radius 2 is 2.12 bits per heavy atom. The summed E-state index contributed by atoms with van der Waals surface area (Å²) in [5.74, 6) is 0.194. The van der Waals surface area contributed by atoms with Gasteiger partial charge < -0.3 is 14.8 Å². The zero-order valence-electron chi connectivity index (χ0n) is 14.3. The number of hydrogen-bond acceptors (Lipinski definition) is 4. The van der Waals surface area contributed by atoms with Crippen LogP contribution in [0.15, 0.2) is 53.1 Å². The van der Waals surface area contributed by atoms with Crippen molar-refractivity contribution in [3.05, 3.63) is 77.0 Å². The molecular weight excluding hydrogens is 318 g/mol. The number of aryl methyl sites for hydroxylation is 2. The number of hydrogen-bond donors (Lipinski definition) is 2. The maximum Gasteiger partial charge on any atom is 0.251 e. The monoisotopic (exact) mass is 339 g/mol. The van der Waals surface area contributed by atoms with Gasteiger partial charge in [0, 0.05) is 11.3 Å². The van der Waals surface area contributed by atoms with Crippen LogP contribution in [0.25, 0.3) is 0 Å². The third kappa shape index (κ3) is 4.16. The van der Waals surface area contributed by atoms with Crippen LogP contribution in [0.2, 0.25) is 0 Å². The first kappa shape index (κ1) is 17.0. The topological polar surface area (TPSA) is 80.3 Å². The van der Waals surface area contributed by atoms with Crippen LogP contribution in [0, 0.1) is 13.8 Å². The molecule has 0 spiro atoms. The second-order valence-electron chi connectivity index (χ2n) is 6.03. The number of aliphatic hydroxyl groups excluding tert-OH is 1. The van der Waals surface area contributed by atoms with E-state index in [0.717, 1.165) is 17.0 Å². The molecule has 0 saturated heterocycles. The summed E-state index contributed by atoms with van der Waals surface area (Å²) in [5.41, 5.74) is 3.59. The molecule has 0 aliphatic rings. The minimum absolute atomic E-state index is 0.0913. The predicted molar refractivity (Wildman–Crippen MR) is 93.2 cm³/mol. The molecule has 25 heavy (non-hydrogen) atoms. The number of rotatable bonds is 6. The molecule has 1 aromatic carbocycles. The van der Waals surface area contributed by atoms with E-state index in [1.165, 1.54) is 6.26 Å². The van der Waals surface area contributed by atoms with Gasteiger partial charge in [-0.05, 0) is 49.7 Å². The third-order valence-corrected chi connectivity index (χ3v) is 3.95. The summed E-state index contributed by atoms with van der Waals surface area (Å²) in [6.45, 7) is 4.66. The van der Waals surface area contributed by atoms with E-state index in [9.17, 15) is 9.90 Å². The van der Waals surface area contributed by atoms with E-state index in [1.807, 2.05) is 42.8 Å². The first-order chi connectivity index (χ1) is 12.0. The maximum atomic E-state index is 12.3. The van der Waals surface area contributed by atoms with Gasteiger partial charge in [0.15, 0.2) is 0 Å². The fraction of sp³-hybridized carbons (Fsp3) is 0.263. The normalized spacial score (nSPS) is 12.1. The Bertz CT molecular complexity index is 853. The van der Waals surface area contributed by atoms with Crippen molar-refractivity contribution < 1.29 is 14.3 Å². The van der Waals surface area contributed by atoms with E-state index in [-0.39, 0.29) is 12.5 Å². The summed E-state index contributed by atoms with van der Waals surface area (Å²) >= 11 is 0. The van der Waals surface area contributed by atoms with Gasteiger partial charge in [-0.15, -0.1) is 0 Å². The Morgan fingerprint density at radius 1 is 1.28 bits per heavy atom. The molecule has 0 fully saturated rings. The highest BCUT2D eigenvalue weighted by Crippen LogP contribution is 2.13. The average molecular weight is 339 g/mol. The summed E-state index contributed by atoms with van der Waals surface area (Å²) in [6, 6.07) is 12.8. The second kappa shape index (κ2) is 7.36. The quantitative estimate of drug-likeness (QED) is 0.723. The summed E-state index contributed by atoms with van der Waals surface area (Å²) in [6.07, 6.45) is 0.625. The second-order valence-corrected chi connectivity index (χ2v) is 6.03. The number of nitrogens with zero attached hydrogens (tertiary/aromatic N) is 2. The van der Waals surface area contributed by atoms with Crippen LogP contribution < -0.4 is 5.32 Å². The number of aromatic nitrogens is 2. The van der Waals surface area contributed by atoms with E-state index >= 15 is 0 Å². The average Bonchev–Trinajstić information content (AvgIpc) is 3.23. The molecule has 0 radical (unpaired) electrons. The summed E-state index contributed by atoms with van der Waals surface area (Å²) in [4.78, 5) is 12.3. The molecular formula is C19H21N3O3. The molecule has 6 nitrogen and oxygen atoms in total. The molecule has 1 atom stereocenters. The Labute approximate surface area is 146 Å². The highest BCUT2D eigenvalue weighted by Gasteiger charge is 2.13. The molecule has 6 heteroatoms. The lowest BCUT2D eigenvalue weighted by Gasteiger charge is -2.11. The van der Waals surface area contributed by atoms with E-state index in [4.69, 9.17) is 4.42 Å². The zero-order valence-corrected chi connectivity index (χ0v) is 14.3. The van der Waals surface area contributed by atoms with Crippen molar-refractivity contribution in [1.29, 1.82) is 0 Å². The molecule has 1 unspecified atom stereocenters. The molecule has 0 bridgehead atoms. The standard InChI is InChI=1S/C19H21N3O3/c1-13-9-14(2)22(21-13)12-15-5-3-6-16(10-15)19(24)20-11-17(23)18-7-4-8-25-18/h3-10,17,23H,11-12H2,1-2H3,(H,20,24). The van der Waals surface area contributed by atoms with Crippen LogP contribution in [0.3, 0.4) is 0 Å². The molecule has 3 aromatic rings. The van der Waals surface area contributed by atoms with Gasteiger partial charge in [0.05, 0.1) is 25.0 Å². The van der Waals surface area contributed by atoms with E-state index in [1.54, 1.807) is 18.2 Å². The van der Waals surface area contributed by atoms with Crippen molar-refractivity contribution in [2.75, 3.05) is 6.54 Å². The predicted octanol–water partition coefficient (Wildman–Crippen LogP) is 2.60. The Balaban J connectivity index is 1.64. The number of benzene rings is 1. The van der Waals surface area contributed by atoms with Crippen LogP contribution in [0.1, 0.15) is 39.2 Å². The van der Waals surface area contributed by atoms with Crippen molar-refractivity contribution in [2.45, 2.75) is 26.5 Å². The fourth-order valence-electron chi connectivity index (χ4n) is 2.69. The first-order valence-electron chi connectivity index (χ1n) is 8.12. The molecule has 2 heterocycles. The van der Waals surface area contributed by atoms with Crippen molar-refractivity contribution in [3.63, 3.8) is 0 Å². The zero-order chi connectivity index (χ0) is 17.8. The van der Waals surface area contributed by atoms with E-state index in [0.29, 0.717) is 17.9 Å². The number of nitrogens with one attached hydrogen (secondary N) is 1. The van der Waals surface area contributed by atoms with Crippen LogP contribution in [0.4, 0.5) is 0 Å². The molecule has 0 aliphatic heterocycles. The van der Waals surface area contributed by atoms with Gasteiger partial charge in [0.2, 0.25) is 0 Å². The van der Waals surface area contributed by atoms with Gasteiger partial charge in [-0.25, -0.2) is 0 Å². The molecule has 130 valence electrons. The SMILES string of the molecule is Cc1cc(C)n(Cc2cccc(C(=O)NCC(O)c3ccco3)c2)n1. The Kier molecular flexibility index (Phi) is 5.00. The number of carbonyl (C=O) groups is 1. The molecule has 0 aliphatic carbocycles. The Hall–Kier alpha value is -2.86. The number of carbonyl (C=O) groups excluding carboxylic acids is 1. The van der Waals surface area contributed by atoms with Crippen molar-refractivity contribution in [2.24, 2.45) is 0 Å². The van der Waals surface area contributed by atoms with Gasteiger partial charge in [-0.3, -0.25) is 9.48 Å². The number of furan rings is 1. The molecule has 2 aromatic heterocycles. The third-order valence-electron chi connectivity index (χ3n) is 3.95. The largest absolute Gasteiger partial charge is 0.467 e. The lowest BCUT2D eigenvalue weighted by Crippen LogP contribution is -2.28. The van der Waals surface area contributed by atoms with Gasteiger partial charge in [-0.2, -0.15) is 5.10 Å². The van der Waals surface area contributed by atoms with Crippen molar-refractivity contribution in [1.82, 2.24) is 15.1 Å². The summed E-state index contributed by atoms with van der Waals surface area (Å²) in [5, 5.41) is 17.1. The first-order valence-corrected chi connectivity index (χ1v) is 8.12. The van der Waals surface area contributed by atoms with Gasteiger partial charge in [0.25, 0.3) is 5.91 Å². The van der Waals surface area contributed by atoms with E-state index < -0.39 is 6.10 Å². The van der Waals surface area contributed by atoms with Gasteiger partial charge >= 0.3 is 0 Å². The van der Waals surface area contributed by atoms with E-state index in [2.05, 4.69) is 10.4 Å². The minimum atomic E-state index is -0.864. The number of aliphatic hydroxyl groups is 1. The van der Waals surface area contributed by atoms with Crippen LogP contribution in [-0.4, -0.2) is 27.3 Å². The highest BCUT2D eigenvalue weighted by atomic mass is 16.4. The smallest absolute Gasteiger partial charge is 0.251 e. The van der Waals surface area contributed by atoms with Crippen molar-refractivity contribution >= 4 is 5.91 Å². The maximum absolute atomic E-state index is 12.3. The lowest BCUT2D eigenvalue weighted by molar-refractivity contribution is 0.0901. The van der Waals surface area contributed by atoms with Crippen molar-refractivity contribution in [3.8, 4) is 0 Å². The fourth-order valence-corrected chi connectivity index (χ4v) is 2.69. The van der Waals surface area contributed by atoms with Crippen LogP contribution in [0.5, 0.6) is 0 Å². The molecule has 1 amide bonds. The van der Waals surface area contributed by atoms with Gasteiger partial charge in [0.1, 0.15) is 11.9 Å². The molecule has 2 N–H and O–H groups in total. The van der Waals surface area contributed by atoms with Crippen LogP contribution in [-0.2, 0) is 6.54 Å². The summed E-state index contributed by atoms with van der Waals surface area (Å²) < 4.78 is 7.03. The summed E-state index contributed by atoms with van der Waals surface area (Å²) in [7, 11) is 0. The molecule has 3 rings (SSSR count). The highest BCUT2D eigenvalue weighted by molar-refractivity contribution is 5.94. The number of amides is 1. The van der Waals surface area contributed by atoms with Gasteiger partial charge in [-0.1, -0.05) is 12.1 Å².